The molecule has 2 rings (SSSR count). The molecule has 3 N–H and O–H groups in total. The van der Waals surface area contributed by atoms with E-state index >= 15 is 0 Å². The second-order valence-corrected chi connectivity index (χ2v) is 6.97. The van der Waals surface area contributed by atoms with E-state index in [4.69, 9.17) is 5.73 Å². The van der Waals surface area contributed by atoms with Gasteiger partial charge in [0.2, 0.25) is 5.91 Å². The van der Waals surface area contributed by atoms with Crippen LogP contribution in [0.2, 0.25) is 0 Å². The van der Waals surface area contributed by atoms with Crippen LogP contribution in [0.15, 0.2) is 35.2 Å². The first-order valence-electron chi connectivity index (χ1n) is 7.56. The summed E-state index contributed by atoms with van der Waals surface area (Å²) in [6.07, 6.45) is 1.06. The highest BCUT2D eigenvalue weighted by Gasteiger charge is 2.23. The Balaban J connectivity index is 1.61. The van der Waals surface area contributed by atoms with Crippen LogP contribution in [0.1, 0.15) is 13.3 Å². The maximum Gasteiger partial charge on any atom is 0.234 e. The normalized spacial score (nSPS) is 23.0. The molecule has 0 saturated carbocycles. The highest BCUT2D eigenvalue weighted by molar-refractivity contribution is 7.99. The van der Waals surface area contributed by atoms with Crippen LogP contribution in [-0.2, 0) is 4.79 Å². The van der Waals surface area contributed by atoms with Crippen LogP contribution < -0.4 is 11.1 Å². The van der Waals surface area contributed by atoms with Crippen LogP contribution in [0, 0.1) is 5.92 Å². The smallest absolute Gasteiger partial charge is 0.234 e. The molecule has 1 aliphatic rings. The summed E-state index contributed by atoms with van der Waals surface area (Å²) in [5, 5.41) is 2.99. The number of hydrogen-bond acceptors (Lipinski definition) is 4. The average molecular weight is 307 g/mol. The predicted molar refractivity (Wildman–Crippen MR) is 88.4 cm³/mol. The SMILES string of the molecule is CC1CC(N)CN(CC(=O)NCCSc2ccccc2)C1. The fourth-order valence-electron chi connectivity index (χ4n) is 2.78. The molecule has 1 heterocycles. The van der Waals surface area contributed by atoms with Gasteiger partial charge in [0.15, 0.2) is 0 Å². The first-order chi connectivity index (χ1) is 10.1. The number of benzene rings is 1. The molecular weight excluding hydrogens is 282 g/mol. The summed E-state index contributed by atoms with van der Waals surface area (Å²) >= 11 is 1.76. The van der Waals surface area contributed by atoms with Gasteiger partial charge < -0.3 is 11.1 Å². The van der Waals surface area contributed by atoms with E-state index in [1.54, 1.807) is 11.8 Å². The third kappa shape index (κ3) is 6.08. The molecule has 1 saturated heterocycles. The Kier molecular flexibility index (Phi) is 6.54. The molecule has 0 aliphatic carbocycles. The number of nitrogens with zero attached hydrogens (tertiary/aromatic N) is 1. The molecule has 2 unspecified atom stereocenters. The highest BCUT2D eigenvalue weighted by atomic mass is 32.2. The summed E-state index contributed by atoms with van der Waals surface area (Å²) in [4.78, 5) is 15.3. The largest absolute Gasteiger partial charge is 0.354 e. The molecule has 0 bridgehead atoms. The van der Waals surface area contributed by atoms with Gasteiger partial charge in [-0.2, -0.15) is 0 Å². The monoisotopic (exact) mass is 307 g/mol. The summed E-state index contributed by atoms with van der Waals surface area (Å²) in [6, 6.07) is 10.4. The van der Waals surface area contributed by atoms with E-state index in [-0.39, 0.29) is 11.9 Å². The summed E-state index contributed by atoms with van der Waals surface area (Å²) in [5.41, 5.74) is 6.00. The number of carbonyl (C=O) groups is 1. The molecule has 0 aromatic heterocycles. The van der Waals surface area contributed by atoms with Gasteiger partial charge in [-0.25, -0.2) is 0 Å². The first-order valence-corrected chi connectivity index (χ1v) is 8.54. The van der Waals surface area contributed by atoms with E-state index in [0.717, 1.165) is 25.3 Å². The van der Waals surface area contributed by atoms with Gasteiger partial charge in [0, 0.05) is 36.3 Å². The van der Waals surface area contributed by atoms with Crippen molar-refractivity contribution in [1.29, 1.82) is 0 Å². The Bertz CT molecular complexity index is 430. The predicted octanol–water partition coefficient (Wildman–Crippen LogP) is 1.56. The molecule has 4 nitrogen and oxygen atoms in total. The number of likely N-dealkylation sites (tertiary alicyclic amines) is 1. The minimum Gasteiger partial charge on any atom is -0.354 e. The Morgan fingerprint density at radius 3 is 2.86 bits per heavy atom. The lowest BCUT2D eigenvalue weighted by Crippen LogP contribution is -2.49. The number of piperidine rings is 1. The van der Waals surface area contributed by atoms with Gasteiger partial charge in [-0.05, 0) is 24.5 Å². The lowest BCUT2D eigenvalue weighted by atomic mass is 9.97. The molecule has 1 fully saturated rings. The molecule has 0 spiro atoms. The van der Waals surface area contributed by atoms with Crippen LogP contribution in [0.25, 0.3) is 0 Å². The Morgan fingerprint density at radius 1 is 1.38 bits per heavy atom. The minimum atomic E-state index is 0.102. The van der Waals surface area contributed by atoms with Crippen molar-refractivity contribution in [2.45, 2.75) is 24.3 Å². The van der Waals surface area contributed by atoms with Gasteiger partial charge in [-0.3, -0.25) is 9.69 Å². The van der Waals surface area contributed by atoms with Crippen molar-refractivity contribution in [2.24, 2.45) is 11.7 Å². The van der Waals surface area contributed by atoms with Gasteiger partial charge in [0.25, 0.3) is 0 Å². The van der Waals surface area contributed by atoms with Crippen LogP contribution in [0.4, 0.5) is 0 Å². The number of nitrogens with one attached hydrogen (secondary N) is 1. The van der Waals surface area contributed by atoms with Crippen molar-refractivity contribution in [3.63, 3.8) is 0 Å². The number of hydrogen-bond donors (Lipinski definition) is 2. The van der Waals surface area contributed by atoms with Crippen molar-refractivity contribution < 1.29 is 4.79 Å². The Labute approximate surface area is 131 Å². The van der Waals surface area contributed by atoms with Crippen molar-refractivity contribution in [3.8, 4) is 0 Å². The van der Waals surface area contributed by atoms with Crippen molar-refractivity contribution in [1.82, 2.24) is 10.2 Å². The lowest BCUT2D eigenvalue weighted by Gasteiger charge is -2.34. The summed E-state index contributed by atoms with van der Waals surface area (Å²) in [5.74, 6) is 1.58. The topological polar surface area (TPSA) is 58.4 Å². The number of carbonyl (C=O) groups excluding carboxylic acids is 1. The Morgan fingerprint density at radius 2 is 2.14 bits per heavy atom. The zero-order chi connectivity index (χ0) is 15.1. The van der Waals surface area contributed by atoms with E-state index < -0.39 is 0 Å². The lowest BCUT2D eigenvalue weighted by molar-refractivity contribution is -0.122. The van der Waals surface area contributed by atoms with Gasteiger partial charge in [0.1, 0.15) is 0 Å². The van der Waals surface area contributed by atoms with Gasteiger partial charge in [-0.1, -0.05) is 25.1 Å². The maximum absolute atomic E-state index is 11.9. The molecule has 0 radical (unpaired) electrons. The van der Waals surface area contributed by atoms with Crippen molar-refractivity contribution in [3.05, 3.63) is 30.3 Å². The van der Waals surface area contributed by atoms with Crippen LogP contribution in [0.3, 0.4) is 0 Å². The van der Waals surface area contributed by atoms with Crippen LogP contribution in [0.5, 0.6) is 0 Å². The number of rotatable bonds is 6. The average Bonchev–Trinajstić information content (AvgIpc) is 2.43. The number of amides is 1. The molecule has 116 valence electrons. The third-order valence-corrected chi connectivity index (χ3v) is 4.58. The van der Waals surface area contributed by atoms with E-state index in [1.807, 2.05) is 18.2 Å². The van der Waals surface area contributed by atoms with Gasteiger partial charge in [-0.15, -0.1) is 11.8 Å². The van der Waals surface area contributed by atoms with Crippen molar-refractivity contribution in [2.75, 3.05) is 31.9 Å². The molecule has 1 amide bonds. The van der Waals surface area contributed by atoms with Gasteiger partial charge in [0.05, 0.1) is 6.54 Å². The molecule has 21 heavy (non-hydrogen) atoms. The fourth-order valence-corrected chi connectivity index (χ4v) is 3.57. The van der Waals surface area contributed by atoms with E-state index in [0.29, 0.717) is 19.0 Å². The first kappa shape index (κ1) is 16.3. The van der Waals surface area contributed by atoms with Gasteiger partial charge >= 0.3 is 0 Å². The second kappa shape index (κ2) is 8.41. The molecule has 1 aliphatic heterocycles. The van der Waals surface area contributed by atoms with E-state index in [9.17, 15) is 4.79 Å². The highest BCUT2D eigenvalue weighted by Crippen LogP contribution is 2.16. The molecule has 1 aromatic carbocycles. The summed E-state index contributed by atoms with van der Waals surface area (Å²) in [7, 11) is 0. The quantitative estimate of drug-likeness (QED) is 0.619. The minimum absolute atomic E-state index is 0.102. The standard InChI is InChI=1S/C16H25N3OS/c1-13-9-14(17)11-19(10-13)12-16(20)18-7-8-21-15-5-3-2-4-6-15/h2-6,13-14H,7-12,17H2,1H3,(H,18,20). The molecule has 2 atom stereocenters. The van der Waals surface area contributed by atoms with E-state index in [1.165, 1.54) is 4.90 Å². The summed E-state index contributed by atoms with van der Waals surface area (Å²) < 4.78 is 0. The molecule has 5 heteroatoms. The maximum atomic E-state index is 11.9. The zero-order valence-electron chi connectivity index (χ0n) is 12.6. The molecular formula is C16H25N3OS. The molecule has 1 aromatic rings. The van der Waals surface area contributed by atoms with Crippen molar-refractivity contribution >= 4 is 17.7 Å². The van der Waals surface area contributed by atoms with Crippen LogP contribution in [-0.4, -0.2) is 48.8 Å². The third-order valence-electron chi connectivity index (χ3n) is 3.57. The van der Waals surface area contributed by atoms with E-state index in [2.05, 4.69) is 29.3 Å². The zero-order valence-corrected chi connectivity index (χ0v) is 13.4. The Hall–Kier alpha value is -1.04. The summed E-state index contributed by atoms with van der Waals surface area (Å²) in [6.45, 7) is 5.17. The number of thioether (sulfide) groups is 1. The van der Waals surface area contributed by atoms with Crippen LogP contribution >= 0.6 is 11.8 Å². The fraction of sp³-hybridized carbons (Fsp3) is 0.562. The second-order valence-electron chi connectivity index (χ2n) is 5.81. The number of nitrogens with two attached hydrogens (primary N) is 1.